The number of carbonyl (C=O) groups excluding carboxylic acids is 1. The molecule has 1 aromatic carbocycles. The number of anilines is 1. The van der Waals surface area contributed by atoms with E-state index in [1.807, 2.05) is 0 Å². The second-order valence-electron chi connectivity index (χ2n) is 5.18. The highest BCUT2D eigenvalue weighted by Crippen LogP contribution is 2.39. The molecule has 2 aromatic rings. The molecule has 0 bridgehead atoms. The van der Waals surface area contributed by atoms with Crippen molar-refractivity contribution < 1.29 is 22.5 Å². The number of aryl methyl sites for hydroxylation is 1. The molecule has 2 heterocycles. The number of carbonyl (C=O) groups is 1. The molecule has 0 saturated heterocycles. The number of hydrogen-bond acceptors (Lipinski definition) is 4. The van der Waals surface area contributed by atoms with Crippen LogP contribution >= 0.6 is 11.8 Å². The fraction of sp³-hybridized carbons (Fsp3) is 0.333. The molecular weight excluding hydrogens is 329 g/mol. The Bertz CT molecular complexity index is 743. The lowest BCUT2D eigenvalue weighted by molar-refractivity contribution is -0.137. The molecule has 0 radical (unpaired) electrons. The van der Waals surface area contributed by atoms with Crippen molar-refractivity contribution in [2.24, 2.45) is 0 Å². The number of halogens is 3. The number of fused-ring (bicyclic) bond motifs is 1. The fourth-order valence-electron chi connectivity index (χ4n) is 2.40. The van der Waals surface area contributed by atoms with Crippen LogP contribution in [0.3, 0.4) is 0 Å². The van der Waals surface area contributed by atoms with Gasteiger partial charge >= 0.3 is 6.18 Å². The lowest BCUT2D eigenvalue weighted by atomic mass is 10.1. The molecule has 3 rings (SSSR count). The Kier molecular flexibility index (Phi) is 4.09. The van der Waals surface area contributed by atoms with E-state index in [2.05, 4.69) is 5.16 Å². The van der Waals surface area contributed by atoms with Crippen molar-refractivity contribution in [2.45, 2.75) is 24.4 Å². The first-order valence-corrected chi connectivity index (χ1v) is 7.90. The minimum absolute atomic E-state index is 0.00229. The number of nitrogens with zero attached hydrogens (tertiary/aromatic N) is 2. The molecule has 1 aliphatic rings. The van der Waals surface area contributed by atoms with E-state index < -0.39 is 11.7 Å². The molecule has 23 heavy (non-hydrogen) atoms. The lowest BCUT2D eigenvalue weighted by Gasteiger charge is -2.29. The smallest absolute Gasteiger partial charge is 0.361 e. The Labute approximate surface area is 134 Å². The van der Waals surface area contributed by atoms with Crippen molar-refractivity contribution in [3.8, 4) is 0 Å². The van der Waals surface area contributed by atoms with Gasteiger partial charge in [-0.1, -0.05) is 5.16 Å². The Hall–Kier alpha value is -1.96. The van der Waals surface area contributed by atoms with Gasteiger partial charge in [0, 0.05) is 23.3 Å². The summed E-state index contributed by atoms with van der Waals surface area (Å²) in [5, 5.41) is 3.76. The summed E-state index contributed by atoms with van der Waals surface area (Å²) in [6, 6.07) is 5.14. The summed E-state index contributed by atoms with van der Waals surface area (Å²) in [6.07, 6.45) is -4.44. The van der Waals surface area contributed by atoms with E-state index in [1.165, 1.54) is 22.7 Å². The van der Waals surface area contributed by atoms with Crippen molar-refractivity contribution in [1.29, 1.82) is 0 Å². The number of amides is 1. The van der Waals surface area contributed by atoms with Crippen LogP contribution in [0.25, 0.3) is 0 Å². The number of aromatic nitrogens is 1. The molecule has 1 aromatic heterocycles. The molecule has 1 aliphatic heterocycles. The molecule has 0 aliphatic carbocycles. The quantitative estimate of drug-likeness (QED) is 0.835. The molecule has 4 nitrogen and oxygen atoms in total. The Balaban J connectivity index is 1.89. The highest BCUT2D eigenvalue weighted by molar-refractivity contribution is 7.99. The normalized spacial score (nSPS) is 14.7. The first-order chi connectivity index (χ1) is 10.8. The van der Waals surface area contributed by atoms with E-state index in [0.29, 0.717) is 34.3 Å². The van der Waals surface area contributed by atoms with Gasteiger partial charge in [0.05, 0.1) is 23.4 Å². The van der Waals surface area contributed by atoms with E-state index in [1.54, 1.807) is 13.0 Å². The third-order valence-corrected chi connectivity index (χ3v) is 4.50. The van der Waals surface area contributed by atoms with Crippen LogP contribution in [0.5, 0.6) is 0 Å². The number of alkyl halides is 3. The first-order valence-electron chi connectivity index (χ1n) is 6.91. The van der Waals surface area contributed by atoms with Crippen LogP contribution in [-0.2, 0) is 17.4 Å². The number of rotatable bonds is 2. The topological polar surface area (TPSA) is 46.3 Å². The standard InChI is InChI=1S/C15H13F3N2O2S/c1-9-6-11(19-22-9)8-14(21)20-4-5-23-13-3-2-10(7-12(13)20)15(16,17)18/h2-3,6-7H,4-5,8H2,1H3. The first kappa shape index (κ1) is 15.9. The zero-order valence-corrected chi connectivity index (χ0v) is 13.0. The maximum absolute atomic E-state index is 12.9. The second-order valence-corrected chi connectivity index (χ2v) is 6.32. The molecule has 0 unspecified atom stereocenters. The van der Waals surface area contributed by atoms with E-state index >= 15 is 0 Å². The highest BCUT2D eigenvalue weighted by Gasteiger charge is 2.33. The third kappa shape index (κ3) is 3.36. The van der Waals surface area contributed by atoms with E-state index in [-0.39, 0.29) is 12.3 Å². The van der Waals surface area contributed by atoms with Crippen LogP contribution in [0.4, 0.5) is 18.9 Å². The van der Waals surface area contributed by atoms with Gasteiger partial charge in [0.2, 0.25) is 5.91 Å². The monoisotopic (exact) mass is 342 g/mol. The molecule has 8 heteroatoms. The van der Waals surface area contributed by atoms with Crippen molar-refractivity contribution in [2.75, 3.05) is 17.2 Å². The maximum Gasteiger partial charge on any atom is 0.416 e. The second kappa shape index (κ2) is 5.92. The molecule has 0 fully saturated rings. The summed E-state index contributed by atoms with van der Waals surface area (Å²) < 4.78 is 43.6. The van der Waals surface area contributed by atoms with Gasteiger partial charge in [-0.05, 0) is 25.1 Å². The largest absolute Gasteiger partial charge is 0.416 e. The van der Waals surface area contributed by atoms with Crippen molar-refractivity contribution >= 4 is 23.4 Å². The van der Waals surface area contributed by atoms with Gasteiger partial charge in [0.25, 0.3) is 0 Å². The molecule has 0 atom stereocenters. The van der Waals surface area contributed by atoms with Crippen LogP contribution in [0.1, 0.15) is 17.0 Å². The summed E-state index contributed by atoms with van der Waals surface area (Å²) in [4.78, 5) is 14.5. The number of benzene rings is 1. The Morgan fingerprint density at radius 3 is 2.83 bits per heavy atom. The average molecular weight is 342 g/mol. The van der Waals surface area contributed by atoms with Gasteiger partial charge in [0.1, 0.15) is 5.76 Å². The van der Waals surface area contributed by atoms with E-state index in [4.69, 9.17) is 4.52 Å². The number of hydrogen-bond donors (Lipinski definition) is 0. The van der Waals surface area contributed by atoms with Crippen molar-refractivity contribution in [3.05, 3.63) is 41.3 Å². The summed E-state index contributed by atoms with van der Waals surface area (Å²) >= 11 is 1.44. The minimum atomic E-state index is -4.44. The van der Waals surface area contributed by atoms with E-state index in [9.17, 15) is 18.0 Å². The summed E-state index contributed by atoms with van der Waals surface area (Å²) in [5.74, 6) is 0.933. The predicted molar refractivity (Wildman–Crippen MR) is 79.5 cm³/mol. The Morgan fingerprint density at radius 1 is 1.39 bits per heavy atom. The van der Waals surface area contributed by atoms with Crippen LogP contribution in [0.2, 0.25) is 0 Å². The Morgan fingerprint density at radius 2 is 2.17 bits per heavy atom. The van der Waals surface area contributed by atoms with Crippen LogP contribution < -0.4 is 4.90 Å². The highest BCUT2D eigenvalue weighted by atomic mass is 32.2. The third-order valence-electron chi connectivity index (χ3n) is 3.46. The maximum atomic E-state index is 12.9. The zero-order valence-electron chi connectivity index (χ0n) is 12.2. The summed E-state index contributed by atoms with van der Waals surface area (Å²) in [5.41, 5.74) is 0.0226. The van der Waals surface area contributed by atoms with Gasteiger partial charge in [-0.3, -0.25) is 4.79 Å². The molecular formula is C15H13F3N2O2S. The summed E-state index contributed by atoms with van der Waals surface area (Å²) in [7, 11) is 0. The lowest BCUT2D eigenvalue weighted by Crippen LogP contribution is -2.36. The zero-order chi connectivity index (χ0) is 16.6. The summed E-state index contributed by atoms with van der Waals surface area (Å²) in [6.45, 7) is 2.08. The van der Waals surface area contributed by atoms with Gasteiger partial charge in [0.15, 0.2) is 0 Å². The number of thioether (sulfide) groups is 1. The fourth-order valence-corrected chi connectivity index (χ4v) is 3.38. The van der Waals surface area contributed by atoms with Crippen LogP contribution in [0, 0.1) is 6.92 Å². The average Bonchev–Trinajstić information content (AvgIpc) is 2.90. The molecule has 122 valence electrons. The van der Waals surface area contributed by atoms with Gasteiger partial charge in [-0.2, -0.15) is 13.2 Å². The van der Waals surface area contributed by atoms with Crippen molar-refractivity contribution in [3.63, 3.8) is 0 Å². The minimum Gasteiger partial charge on any atom is -0.361 e. The SMILES string of the molecule is Cc1cc(CC(=O)N2CCSc3ccc(C(F)(F)F)cc32)no1. The van der Waals surface area contributed by atoms with Gasteiger partial charge in [-0.15, -0.1) is 11.8 Å². The van der Waals surface area contributed by atoms with Crippen molar-refractivity contribution in [1.82, 2.24) is 5.16 Å². The van der Waals surface area contributed by atoms with E-state index in [0.717, 1.165) is 12.1 Å². The molecule has 0 spiro atoms. The predicted octanol–water partition coefficient (Wildman–Crippen LogP) is 3.68. The van der Waals surface area contributed by atoms with Gasteiger partial charge in [-0.25, -0.2) is 0 Å². The molecule has 0 saturated carbocycles. The van der Waals surface area contributed by atoms with Crippen LogP contribution in [0.15, 0.2) is 33.7 Å². The van der Waals surface area contributed by atoms with Crippen LogP contribution in [-0.4, -0.2) is 23.4 Å². The van der Waals surface area contributed by atoms with Gasteiger partial charge < -0.3 is 9.42 Å². The molecule has 1 amide bonds. The molecule has 0 N–H and O–H groups in total.